The van der Waals surface area contributed by atoms with Crippen LogP contribution in [0.2, 0.25) is 0 Å². The third kappa shape index (κ3) is 3.86. The molecule has 1 amide bonds. The Balaban J connectivity index is 1.60. The van der Waals surface area contributed by atoms with Crippen LogP contribution in [0, 0.1) is 0 Å². The molecule has 0 radical (unpaired) electrons. The van der Waals surface area contributed by atoms with Crippen LogP contribution in [0.15, 0.2) is 24.4 Å². The number of carboxylic acid groups (broad SMARTS) is 1. The van der Waals surface area contributed by atoms with Crippen LogP contribution < -0.4 is 0 Å². The molecule has 0 spiro atoms. The number of hydrogen-bond donors (Lipinski definition) is 2. The summed E-state index contributed by atoms with van der Waals surface area (Å²) in [6.45, 7) is 7.58. The highest BCUT2D eigenvalue weighted by atomic mass is 16.4. The van der Waals surface area contributed by atoms with E-state index in [1.807, 2.05) is 39.0 Å². The minimum atomic E-state index is -0.836. The van der Waals surface area contributed by atoms with Crippen molar-refractivity contribution in [3.63, 3.8) is 0 Å². The fourth-order valence-corrected chi connectivity index (χ4v) is 4.64. The van der Waals surface area contributed by atoms with E-state index in [4.69, 9.17) is 0 Å². The summed E-state index contributed by atoms with van der Waals surface area (Å²) in [5.74, 6) is 0. The molecule has 1 saturated heterocycles. The highest BCUT2D eigenvalue weighted by molar-refractivity contribution is 5.66. The first-order valence-corrected chi connectivity index (χ1v) is 9.61. The Hall–Kier alpha value is -1.66. The van der Waals surface area contributed by atoms with Crippen molar-refractivity contribution in [3.05, 3.63) is 30.1 Å². The summed E-state index contributed by atoms with van der Waals surface area (Å²) in [5.41, 5.74) is -0.448. The molecular formula is C20H31N3O3. The lowest BCUT2D eigenvalue weighted by atomic mass is 9.79. The Morgan fingerprint density at radius 1 is 1.27 bits per heavy atom. The number of hydrogen-bond acceptors (Lipinski definition) is 4. The maximum absolute atomic E-state index is 11.7. The van der Waals surface area contributed by atoms with Crippen LogP contribution >= 0.6 is 0 Å². The average molecular weight is 361 g/mol. The summed E-state index contributed by atoms with van der Waals surface area (Å²) < 4.78 is 0. The average Bonchev–Trinajstić information content (AvgIpc) is 3.04. The topological polar surface area (TPSA) is 76.9 Å². The number of aliphatic hydroxyl groups is 1. The SMILES string of the molecule is CC(C)(C)N(C(=O)O)[C@@H]1CCN([C@H]2CC[C@@](O)(c3ccccn3)CC2)C1. The molecule has 26 heavy (non-hydrogen) atoms. The minimum Gasteiger partial charge on any atom is -0.465 e. The molecular weight excluding hydrogens is 330 g/mol. The van der Waals surface area contributed by atoms with E-state index in [2.05, 4.69) is 9.88 Å². The molecule has 1 aliphatic heterocycles. The van der Waals surface area contributed by atoms with E-state index >= 15 is 0 Å². The molecule has 2 aliphatic rings. The van der Waals surface area contributed by atoms with E-state index in [-0.39, 0.29) is 6.04 Å². The number of pyridine rings is 1. The Kier molecular flexibility index (Phi) is 5.26. The van der Waals surface area contributed by atoms with Crippen molar-refractivity contribution >= 4 is 6.09 Å². The van der Waals surface area contributed by atoms with Crippen LogP contribution in [-0.4, -0.2) is 61.8 Å². The second kappa shape index (κ2) is 7.16. The Morgan fingerprint density at radius 2 is 1.96 bits per heavy atom. The molecule has 1 saturated carbocycles. The van der Waals surface area contributed by atoms with Crippen molar-refractivity contribution in [2.45, 2.75) is 76.1 Å². The summed E-state index contributed by atoms with van der Waals surface area (Å²) in [7, 11) is 0. The molecule has 2 fully saturated rings. The largest absolute Gasteiger partial charge is 0.465 e. The first kappa shape index (κ1) is 19.1. The molecule has 3 rings (SSSR count). The molecule has 2 heterocycles. The van der Waals surface area contributed by atoms with Gasteiger partial charge in [0.05, 0.1) is 5.69 Å². The number of aromatic nitrogens is 1. The van der Waals surface area contributed by atoms with E-state index in [1.54, 1.807) is 11.1 Å². The lowest BCUT2D eigenvalue weighted by Gasteiger charge is -2.40. The normalized spacial score (nSPS) is 30.3. The predicted octanol–water partition coefficient (Wildman–Crippen LogP) is 3.06. The maximum atomic E-state index is 11.7. The molecule has 1 aromatic heterocycles. The fraction of sp³-hybridized carbons (Fsp3) is 0.700. The van der Waals surface area contributed by atoms with Crippen molar-refractivity contribution in [2.75, 3.05) is 13.1 Å². The first-order chi connectivity index (χ1) is 12.2. The van der Waals surface area contributed by atoms with Gasteiger partial charge in [0.1, 0.15) is 5.60 Å². The minimum absolute atomic E-state index is 0.0455. The van der Waals surface area contributed by atoms with E-state index in [9.17, 15) is 15.0 Å². The Labute approximate surface area is 155 Å². The fourth-order valence-electron chi connectivity index (χ4n) is 4.64. The summed E-state index contributed by atoms with van der Waals surface area (Å²) in [5, 5.41) is 20.6. The lowest BCUT2D eigenvalue weighted by Crippen LogP contribution is -2.52. The van der Waals surface area contributed by atoms with Gasteiger partial charge >= 0.3 is 6.09 Å². The molecule has 6 nitrogen and oxygen atoms in total. The molecule has 0 aromatic carbocycles. The molecule has 1 aromatic rings. The Morgan fingerprint density at radius 3 is 2.50 bits per heavy atom. The van der Waals surface area contributed by atoms with Crippen LogP contribution in [0.1, 0.15) is 58.6 Å². The van der Waals surface area contributed by atoms with Gasteiger partial charge < -0.3 is 10.2 Å². The molecule has 2 N–H and O–H groups in total. The highest BCUT2D eigenvalue weighted by Gasteiger charge is 2.42. The maximum Gasteiger partial charge on any atom is 0.408 e. The van der Waals surface area contributed by atoms with Gasteiger partial charge in [0.2, 0.25) is 0 Å². The molecule has 6 heteroatoms. The van der Waals surface area contributed by atoms with Gasteiger partial charge in [-0.05, 0) is 65.0 Å². The van der Waals surface area contributed by atoms with Crippen LogP contribution in [-0.2, 0) is 5.60 Å². The molecule has 1 atom stereocenters. The van der Waals surface area contributed by atoms with Crippen molar-refractivity contribution in [2.24, 2.45) is 0 Å². The number of nitrogens with zero attached hydrogens (tertiary/aromatic N) is 3. The number of amides is 1. The van der Waals surface area contributed by atoms with Crippen LogP contribution in [0.5, 0.6) is 0 Å². The van der Waals surface area contributed by atoms with Crippen molar-refractivity contribution in [1.82, 2.24) is 14.8 Å². The molecule has 0 unspecified atom stereocenters. The van der Waals surface area contributed by atoms with Crippen molar-refractivity contribution in [3.8, 4) is 0 Å². The Bertz CT molecular complexity index is 621. The van der Waals surface area contributed by atoms with E-state index in [1.165, 1.54) is 0 Å². The lowest BCUT2D eigenvalue weighted by molar-refractivity contribution is -0.0266. The number of carbonyl (C=O) groups is 1. The third-order valence-electron chi connectivity index (χ3n) is 5.93. The summed E-state index contributed by atoms with van der Waals surface area (Å²) in [6.07, 6.45) is 5.03. The zero-order chi connectivity index (χ0) is 18.9. The highest BCUT2D eigenvalue weighted by Crippen LogP contribution is 2.39. The van der Waals surface area contributed by atoms with Crippen LogP contribution in [0.25, 0.3) is 0 Å². The zero-order valence-electron chi connectivity index (χ0n) is 16.1. The van der Waals surface area contributed by atoms with Gasteiger partial charge in [0.25, 0.3) is 0 Å². The van der Waals surface area contributed by atoms with Crippen LogP contribution in [0.4, 0.5) is 4.79 Å². The summed E-state index contributed by atoms with van der Waals surface area (Å²) >= 11 is 0. The van der Waals surface area contributed by atoms with Crippen molar-refractivity contribution < 1.29 is 15.0 Å². The van der Waals surface area contributed by atoms with Gasteiger partial charge in [-0.25, -0.2) is 4.79 Å². The molecule has 144 valence electrons. The molecule has 0 bridgehead atoms. The molecule has 1 aliphatic carbocycles. The second-order valence-electron chi connectivity index (χ2n) is 8.74. The summed E-state index contributed by atoms with van der Waals surface area (Å²) in [4.78, 5) is 20.1. The quantitative estimate of drug-likeness (QED) is 0.865. The smallest absolute Gasteiger partial charge is 0.408 e. The van der Waals surface area contributed by atoms with Gasteiger partial charge in [-0.3, -0.25) is 14.8 Å². The zero-order valence-corrected chi connectivity index (χ0v) is 16.1. The predicted molar refractivity (Wildman–Crippen MR) is 100.0 cm³/mol. The number of likely N-dealkylation sites (tertiary alicyclic amines) is 1. The second-order valence-corrected chi connectivity index (χ2v) is 8.74. The van der Waals surface area contributed by atoms with E-state index in [0.717, 1.165) is 38.0 Å². The van der Waals surface area contributed by atoms with Crippen LogP contribution in [0.3, 0.4) is 0 Å². The van der Waals surface area contributed by atoms with Gasteiger partial charge in [-0.15, -0.1) is 0 Å². The van der Waals surface area contributed by atoms with E-state index in [0.29, 0.717) is 18.9 Å². The van der Waals surface area contributed by atoms with Gasteiger partial charge in [-0.2, -0.15) is 0 Å². The number of rotatable bonds is 3. The monoisotopic (exact) mass is 361 g/mol. The van der Waals surface area contributed by atoms with Crippen molar-refractivity contribution in [1.29, 1.82) is 0 Å². The standard InChI is InChI=1S/C20H31N3O3/c1-19(2,3)23(18(24)25)16-9-13-22(14-16)15-7-10-20(26,11-8-15)17-6-4-5-12-21-17/h4-6,12,15-16,26H,7-11,13-14H2,1-3H3,(H,24,25)/t15-,16-,20-/m1/s1. The van der Waals surface area contributed by atoms with Gasteiger partial charge in [-0.1, -0.05) is 6.07 Å². The van der Waals surface area contributed by atoms with Gasteiger partial charge in [0, 0.05) is 36.9 Å². The summed E-state index contributed by atoms with van der Waals surface area (Å²) in [6, 6.07) is 6.15. The van der Waals surface area contributed by atoms with Gasteiger partial charge in [0.15, 0.2) is 0 Å². The first-order valence-electron chi connectivity index (χ1n) is 9.61. The third-order valence-corrected chi connectivity index (χ3v) is 5.93. The van der Waals surface area contributed by atoms with E-state index < -0.39 is 17.2 Å².